The largest absolute Gasteiger partial charge is 0.420 e. The number of pyridine rings is 1. The first-order chi connectivity index (χ1) is 7.16. The smallest absolute Gasteiger partial charge is 0.249 e. The lowest BCUT2D eigenvalue weighted by Gasteiger charge is -1.95. The van der Waals surface area contributed by atoms with Crippen LogP contribution in [0.4, 0.5) is 4.39 Å². The van der Waals surface area contributed by atoms with Gasteiger partial charge in [-0.2, -0.15) is 4.39 Å². The monoisotopic (exact) mass is 207 g/mol. The first-order valence-electron chi connectivity index (χ1n) is 4.62. The van der Waals surface area contributed by atoms with Crippen molar-refractivity contribution >= 4 is 0 Å². The van der Waals surface area contributed by atoms with Crippen LogP contribution in [0.25, 0.3) is 11.5 Å². The molecule has 5 heteroatoms. The third-order valence-corrected chi connectivity index (χ3v) is 1.91. The molecule has 2 aromatic rings. The molecule has 0 atom stereocenters. The number of aromatic nitrogens is 3. The van der Waals surface area contributed by atoms with E-state index in [2.05, 4.69) is 15.2 Å². The van der Waals surface area contributed by atoms with Crippen LogP contribution in [-0.4, -0.2) is 15.2 Å². The molecule has 0 fully saturated rings. The van der Waals surface area contributed by atoms with Gasteiger partial charge in [0.25, 0.3) is 0 Å². The van der Waals surface area contributed by atoms with E-state index in [0.29, 0.717) is 17.3 Å². The zero-order valence-corrected chi connectivity index (χ0v) is 8.44. The highest BCUT2D eigenvalue weighted by atomic mass is 19.1. The molecule has 0 spiro atoms. The fraction of sp³-hybridized carbons (Fsp3) is 0.300. The Labute approximate surface area is 86.2 Å². The molecule has 0 aliphatic heterocycles. The maximum absolute atomic E-state index is 12.6. The number of halogens is 1. The molecule has 2 rings (SSSR count). The summed E-state index contributed by atoms with van der Waals surface area (Å²) >= 11 is 0. The molecule has 0 aromatic carbocycles. The first-order valence-corrected chi connectivity index (χ1v) is 4.62. The fourth-order valence-corrected chi connectivity index (χ4v) is 1.09. The highest BCUT2D eigenvalue weighted by Crippen LogP contribution is 2.20. The van der Waals surface area contributed by atoms with Crippen LogP contribution >= 0.6 is 0 Å². The van der Waals surface area contributed by atoms with E-state index >= 15 is 0 Å². The van der Waals surface area contributed by atoms with E-state index in [1.54, 1.807) is 6.07 Å². The average Bonchev–Trinajstić information content (AvgIpc) is 2.68. The number of rotatable bonds is 2. The van der Waals surface area contributed by atoms with Gasteiger partial charge in [0.15, 0.2) is 0 Å². The average molecular weight is 207 g/mol. The fourth-order valence-electron chi connectivity index (χ4n) is 1.09. The van der Waals surface area contributed by atoms with Gasteiger partial charge in [-0.1, -0.05) is 13.8 Å². The molecule has 0 bridgehead atoms. The molecule has 2 heterocycles. The van der Waals surface area contributed by atoms with Crippen molar-refractivity contribution in [3.05, 3.63) is 30.2 Å². The van der Waals surface area contributed by atoms with Crippen LogP contribution in [-0.2, 0) is 0 Å². The molecule has 0 aliphatic carbocycles. The van der Waals surface area contributed by atoms with Crippen LogP contribution in [0.5, 0.6) is 0 Å². The van der Waals surface area contributed by atoms with Crippen molar-refractivity contribution in [2.45, 2.75) is 19.8 Å². The molecule has 0 saturated carbocycles. The van der Waals surface area contributed by atoms with Crippen LogP contribution in [0.3, 0.4) is 0 Å². The summed E-state index contributed by atoms with van der Waals surface area (Å²) < 4.78 is 17.9. The van der Waals surface area contributed by atoms with Gasteiger partial charge in [0.2, 0.25) is 17.7 Å². The predicted octanol–water partition coefficient (Wildman–Crippen LogP) is 2.39. The minimum Gasteiger partial charge on any atom is -0.420 e. The summed E-state index contributed by atoms with van der Waals surface area (Å²) in [7, 11) is 0. The van der Waals surface area contributed by atoms with Gasteiger partial charge in [0, 0.05) is 12.1 Å². The van der Waals surface area contributed by atoms with Crippen molar-refractivity contribution in [2.75, 3.05) is 0 Å². The Bertz CT molecular complexity index is 450. The minimum atomic E-state index is -0.526. The van der Waals surface area contributed by atoms with Crippen LogP contribution in [0, 0.1) is 5.95 Å². The summed E-state index contributed by atoms with van der Waals surface area (Å²) in [6.45, 7) is 3.92. The zero-order valence-electron chi connectivity index (χ0n) is 8.44. The highest BCUT2D eigenvalue weighted by molar-refractivity contribution is 5.50. The molecule has 0 aliphatic rings. The van der Waals surface area contributed by atoms with E-state index in [-0.39, 0.29) is 5.92 Å². The maximum Gasteiger partial charge on any atom is 0.249 e. The van der Waals surface area contributed by atoms with Gasteiger partial charge < -0.3 is 4.42 Å². The summed E-state index contributed by atoms with van der Waals surface area (Å²) in [6.07, 6.45) is 1.37. The highest BCUT2D eigenvalue weighted by Gasteiger charge is 2.11. The summed E-state index contributed by atoms with van der Waals surface area (Å²) in [5.74, 6) is 0.586. The minimum absolute atomic E-state index is 0.180. The molecule has 0 N–H and O–H groups in total. The number of hydrogen-bond acceptors (Lipinski definition) is 4. The lowest BCUT2D eigenvalue weighted by atomic mass is 10.2. The second-order valence-electron chi connectivity index (χ2n) is 3.47. The second kappa shape index (κ2) is 3.76. The van der Waals surface area contributed by atoms with Gasteiger partial charge >= 0.3 is 0 Å². The van der Waals surface area contributed by atoms with Gasteiger partial charge in [-0.3, -0.25) is 0 Å². The molecule has 15 heavy (non-hydrogen) atoms. The van der Waals surface area contributed by atoms with Crippen molar-refractivity contribution in [3.63, 3.8) is 0 Å². The zero-order chi connectivity index (χ0) is 10.8. The van der Waals surface area contributed by atoms with Crippen molar-refractivity contribution in [3.8, 4) is 11.5 Å². The Morgan fingerprint density at radius 3 is 2.60 bits per heavy atom. The van der Waals surface area contributed by atoms with Gasteiger partial charge in [-0.15, -0.1) is 10.2 Å². The Balaban J connectivity index is 2.33. The van der Waals surface area contributed by atoms with Crippen LogP contribution in [0.2, 0.25) is 0 Å². The topological polar surface area (TPSA) is 51.8 Å². The molecule has 0 unspecified atom stereocenters. The van der Waals surface area contributed by atoms with Crippen molar-refractivity contribution in [1.82, 2.24) is 15.2 Å². The summed E-state index contributed by atoms with van der Waals surface area (Å²) in [5.41, 5.74) is 0.621. The van der Waals surface area contributed by atoms with Crippen LogP contribution in [0.1, 0.15) is 25.7 Å². The van der Waals surface area contributed by atoms with Gasteiger partial charge in [-0.25, -0.2) is 4.98 Å². The van der Waals surface area contributed by atoms with Gasteiger partial charge in [0.05, 0.1) is 5.56 Å². The van der Waals surface area contributed by atoms with E-state index < -0.39 is 5.95 Å². The second-order valence-corrected chi connectivity index (χ2v) is 3.47. The lowest BCUT2D eigenvalue weighted by Crippen LogP contribution is -1.85. The molecule has 78 valence electrons. The molecule has 0 saturated heterocycles. The molecular formula is C10H10FN3O. The lowest BCUT2D eigenvalue weighted by molar-refractivity contribution is 0.480. The van der Waals surface area contributed by atoms with Crippen LogP contribution in [0.15, 0.2) is 22.7 Å². The van der Waals surface area contributed by atoms with Gasteiger partial charge in [0.1, 0.15) is 0 Å². The summed E-state index contributed by atoms with van der Waals surface area (Å²) in [6, 6.07) is 2.81. The van der Waals surface area contributed by atoms with Crippen molar-refractivity contribution in [1.29, 1.82) is 0 Å². The third kappa shape index (κ3) is 2.01. The van der Waals surface area contributed by atoms with E-state index in [4.69, 9.17) is 4.42 Å². The summed E-state index contributed by atoms with van der Waals surface area (Å²) in [4.78, 5) is 3.52. The molecule has 2 aromatic heterocycles. The Hall–Kier alpha value is -1.78. The first kappa shape index (κ1) is 9.76. The SMILES string of the molecule is CC(C)c1nnc(-c2ccc(F)nc2)o1. The Morgan fingerprint density at radius 1 is 1.27 bits per heavy atom. The van der Waals surface area contributed by atoms with Crippen molar-refractivity contribution < 1.29 is 8.81 Å². The van der Waals surface area contributed by atoms with Gasteiger partial charge in [-0.05, 0) is 12.1 Å². The van der Waals surface area contributed by atoms with E-state index in [0.717, 1.165) is 0 Å². The molecule has 0 radical (unpaired) electrons. The van der Waals surface area contributed by atoms with Crippen molar-refractivity contribution in [2.24, 2.45) is 0 Å². The van der Waals surface area contributed by atoms with E-state index in [1.165, 1.54) is 12.3 Å². The number of hydrogen-bond donors (Lipinski definition) is 0. The normalized spacial score (nSPS) is 10.9. The maximum atomic E-state index is 12.6. The standard InChI is InChI=1S/C10H10FN3O/c1-6(2)9-13-14-10(15-9)7-3-4-8(11)12-5-7/h3-6H,1-2H3. The quantitative estimate of drug-likeness (QED) is 0.709. The van der Waals surface area contributed by atoms with E-state index in [1.807, 2.05) is 13.8 Å². The molecule has 4 nitrogen and oxygen atoms in total. The van der Waals surface area contributed by atoms with E-state index in [9.17, 15) is 4.39 Å². The molecule has 0 amide bonds. The predicted molar refractivity (Wildman–Crippen MR) is 51.6 cm³/mol. The Kier molecular flexibility index (Phi) is 2.45. The number of nitrogens with zero attached hydrogens (tertiary/aromatic N) is 3. The van der Waals surface area contributed by atoms with Crippen LogP contribution < -0.4 is 0 Å². The molecular weight excluding hydrogens is 197 g/mol. The third-order valence-electron chi connectivity index (χ3n) is 1.91. The summed E-state index contributed by atoms with van der Waals surface area (Å²) in [5, 5.41) is 7.73. The Morgan fingerprint density at radius 2 is 2.07 bits per heavy atom.